The minimum Gasteiger partial charge on any atom is -0.391 e. The van der Waals surface area contributed by atoms with Gasteiger partial charge in [0.2, 0.25) is 17.7 Å². The first-order valence-electron chi connectivity index (χ1n) is 34.0. The lowest BCUT2D eigenvalue weighted by molar-refractivity contribution is -0.248. The second-order valence-electron chi connectivity index (χ2n) is 30.6. The van der Waals surface area contributed by atoms with Crippen LogP contribution in [-0.2, 0) is 32.1 Å². The van der Waals surface area contributed by atoms with Crippen LogP contribution < -0.4 is 26.2 Å². The van der Waals surface area contributed by atoms with Crippen molar-refractivity contribution in [2.45, 2.75) is 188 Å². The Morgan fingerprint density at radius 2 is 1.59 bits per heavy atom. The number of hydrogen-bond acceptors (Lipinski definition) is 17. The normalized spacial score (nSPS) is 27.1. The molecule has 0 spiro atoms. The minimum absolute atomic E-state index is 0.00548. The van der Waals surface area contributed by atoms with Crippen molar-refractivity contribution in [3.63, 3.8) is 0 Å². The number of carbonyl (C=O) groups excluding carboxylic acids is 4. The number of aromatic nitrogens is 7. The molecule has 94 heavy (non-hydrogen) atoms. The van der Waals surface area contributed by atoms with Crippen LogP contribution in [0.25, 0.3) is 31.8 Å². The Labute approximate surface area is 558 Å². The predicted octanol–water partition coefficient (Wildman–Crippen LogP) is 11.3. The number of nitrogens with one attached hydrogen (secondary N) is 4. The maximum Gasteiger partial charge on any atom is 0.270 e. The van der Waals surface area contributed by atoms with Gasteiger partial charge in [-0.15, -0.1) is 21.5 Å². The number of thiazole rings is 2. The van der Waals surface area contributed by atoms with Crippen LogP contribution in [0.2, 0.25) is 0 Å². The second-order valence-corrected chi connectivity index (χ2v) is 32.5. The summed E-state index contributed by atoms with van der Waals surface area (Å²) in [5, 5.41) is 39.4. The van der Waals surface area contributed by atoms with E-state index in [1.807, 2.05) is 101 Å². The van der Waals surface area contributed by atoms with Crippen LogP contribution in [0.4, 0.5) is 22.6 Å². The van der Waals surface area contributed by atoms with Crippen LogP contribution >= 0.6 is 22.7 Å². The highest BCUT2D eigenvalue weighted by molar-refractivity contribution is 7.22. The number of fused-ring (bicyclic) bond motifs is 2. The Hall–Kier alpha value is -7.24. The number of rotatable bonds is 19. The SMILES string of the molecule is Cc1ncsc1-c1ccc([C@H](C)NC(=O)[C@@H]2C[C@@H](O)CN2C(=O)[C@@H](NC(=O)C2CC(NC(=O)c3nc(N4CCCc5c4nnc(Nc4nc6ccccc6s4)c5C)ccc3-c3cnn(CC45CC6(C)CC(C)(C4)CC(OCCN4CCCC4)(C6)C5)c3C)C2)C(C)(C)C)cc1. The molecule has 8 heterocycles. The third kappa shape index (κ3) is 12.5. The molecule has 496 valence electrons. The van der Waals surface area contributed by atoms with E-state index in [-0.39, 0.29) is 70.3 Å². The molecule has 4 amide bonds. The van der Waals surface area contributed by atoms with Crippen molar-refractivity contribution in [1.82, 2.24) is 60.7 Å². The zero-order chi connectivity index (χ0) is 65.6. The minimum atomic E-state index is -1.00. The maximum atomic E-state index is 15.2. The molecule has 6 atom stereocenters. The van der Waals surface area contributed by atoms with E-state index in [4.69, 9.17) is 30.0 Å². The fourth-order valence-corrected chi connectivity index (χ4v) is 19.8. The monoisotopic (exact) mass is 1310 g/mol. The lowest BCUT2D eigenvalue weighted by atomic mass is 9.39. The average molecular weight is 1310 g/mol. The number of carbonyl (C=O) groups is 4. The van der Waals surface area contributed by atoms with Gasteiger partial charge in [-0.3, -0.25) is 23.9 Å². The molecule has 2 saturated heterocycles. The molecule has 22 heteroatoms. The number of anilines is 4. The Morgan fingerprint density at radius 1 is 0.830 bits per heavy atom. The van der Waals surface area contributed by atoms with E-state index in [0.29, 0.717) is 42.4 Å². The summed E-state index contributed by atoms with van der Waals surface area (Å²) in [6.07, 6.45) is 12.6. The van der Waals surface area contributed by atoms with Gasteiger partial charge >= 0.3 is 0 Å². The number of likely N-dealkylation sites (tertiary alicyclic amines) is 2. The summed E-state index contributed by atoms with van der Waals surface area (Å²) in [5.74, 6) is -0.0719. The van der Waals surface area contributed by atoms with Crippen molar-refractivity contribution in [3.8, 4) is 21.6 Å². The topological polar surface area (TPSA) is 238 Å². The molecule has 5 aromatic heterocycles. The summed E-state index contributed by atoms with van der Waals surface area (Å²) >= 11 is 3.15. The van der Waals surface area contributed by atoms with Gasteiger partial charge in [0, 0.05) is 72.5 Å². The summed E-state index contributed by atoms with van der Waals surface area (Å²) in [4.78, 5) is 80.0. The van der Waals surface area contributed by atoms with Gasteiger partial charge in [-0.1, -0.05) is 82.4 Å². The molecule has 5 aliphatic carbocycles. The largest absolute Gasteiger partial charge is 0.391 e. The first-order valence-corrected chi connectivity index (χ1v) is 35.7. The first kappa shape index (κ1) is 64.1. The van der Waals surface area contributed by atoms with Crippen LogP contribution in [-0.4, -0.2) is 143 Å². The van der Waals surface area contributed by atoms with Crippen LogP contribution in [0.5, 0.6) is 0 Å². The van der Waals surface area contributed by atoms with Gasteiger partial charge in [0.05, 0.1) is 56.8 Å². The smallest absolute Gasteiger partial charge is 0.270 e. The number of pyridine rings is 1. The lowest BCUT2D eigenvalue weighted by Crippen LogP contribution is -2.64. The van der Waals surface area contributed by atoms with Crippen molar-refractivity contribution in [3.05, 3.63) is 106 Å². The van der Waals surface area contributed by atoms with Crippen molar-refractivity contribution < 1.29 is 29.0 Å². The molecule has 3 aliphatic heterocycles. The predicted molar refractivity (Wildman–Crippen MR) is 366 cm³/mol. The average Bonchev–Trinajstić information content (AvgIpc) is 1.09. The Kier molecular flexibility index (Phi) is 16.9. The third-order valence-electron chi connectivity index (χ3n) is 21.7. The summed E-state index contributed by atoms with van der Waals surface area (Å²) in [6, 6.07) is 17.3. The number of hydrogen-bond donors (Lipinski definition) is 5. The van der Waals surface area contributed by atoms with Gasteiger partial charge in [-0.2, -0.15) is 5.10 Å². The molecule has 2 unspecified atom stereocenters. The number of aliphatic hydroxyl groups is 1. The number of benzene rings is 2. The number of nitrogens with zero attached hydrogens (tertiary/aromatic N) is 10. The van der Waals surface area contributed by atoms with Crippen molar-refractivity contribution in [1.29, 1.82) is 0 Å². The highest BCUT2D eigenvalue weighted by Crippen LogP contribution is 2.72. The van der Waals surface area contributed by atoms with Gasteiger partial charge in [-0.25, -0.2) is 15.0 Å². The third-order valence-corrected chi connectivity index (χ3v) is 23.6. The van der Waals surface area contributed by atoms with E-state index in [2.05, 4.69) is 74.5 Å². The summed E-state index contributed by atoms with van der Waals surface area (Å²) in [7, 11) is 0. The zero-order valence-corrected chi connectivity index (χ0v) is 57.4. The van der Waals surface area contributed by atoms with Crippen molar-refractivity contribution >= 4 is 79.1 Å². The molecule has 8 aliphatic rings. The van der Waals surface area contributed by atoms with Gasteiger partial charge in [0.1, 0.15) is 23.6 Å². The summed E-state index contributed by atoms with van der Waals surface area (Å²) < 4.78 is 10.4. The lowest BCUT2D eigenvalue weighted by Gasteiger charge is -2.69. The molecule has 7 aromatic rings. The highest BCUT2D eigenvalue weighted by atomic mass is 32.1. The quantitative estimate of drug-likeness (QED) is 0.0506. The Balaban J connectivity index is 0.690. The van der Waals surface area contributed by atoms with Crippen LogP contribution in [0.1, 0.15) is 163 Å². The van der Waals surface area contributed by atoms with E-state index < -0.39 is 35.4 Å². The summed E-state index contributed by atoms with van der Waals surface area (Å²) in [6.45, 7) is 24.1. The molecule has 4 bridgehead atoms. The molecule has 20 nitrogen and oxygen atoms in total. The first-order chi connectivity index (χ1) is 44.9. The van der Waals surface area contributed by atoms with Crippen LogP contribution in [0.15, 0.2) is 72.4 Å². The summed E-state index contributed by atoms with van der Waals surface area (Å²) in [5.41, 5.74) is 9.84. The molecular weight excluding hydrogens is 1220 g/mol. The molecule has 0 radical (unpaired) electrons. The molecule has 15 rings (SSSR count). The molecular formula is C72H90N14O6S2. The van der Waals surface area contributed by atoms with E-state index in [1.165, 1.54) is 37.3 Å². The Bertz CT molecular complexity index is 4000. The second kappa shape index (κ2) is 24.8. The number of aliphatic hydroxyl groups excluding tert-OH is 1. The molecule has 2 aromatic carbocycles. The number of amides is 4. The Morgan fingerprint density at radius 3 is 2.31 bits per heavy atom. The van der Waals surface area contributed by atoms with E-state index in [9.17, 15) is 19.5 Å². The zero-order valence-electron chi connectivity index (χ0n) is 55.8. The van der Waals surface area contributed by atoms with E-state index >= 15 is 4.79 Å². The fraction of sp³-hybridized carbons (Fsp3) is 0.556. The molecule has 7 fully saturated rings. The fourth-order valence-electron chi connectivity index (χ4n) is 18.2. The molecule has 5 saturated carbocycles. The van der Waals surface area contributed by atoms with E-state index in [1.54, 1.807) is 22.7 Å². The van der Waals surface area contributed by atoms with Gasteiger partial charge in [0.25, 0.3) is 5.91 Å². The maximum absolute atomic E-state index is 15.2. The van der Waals surface area contributed by atoms with Gasteiger partial charge in [0.15, 0.2) is 16.8 Å². The van der Waals surface area contributed by atoms with Crippen molar-refractivity contribution in [2.24, 2.45) is 27.6 Å². The van der Waals surface area contributed by atoms with Crippen LogP contribution in [0.3, 0.4) is 0 Å². The van der Waals surface area contributed by atoms with Crippen LogP contribution in [0, 0.1) is 48.3 Å². The van der Waals surface area contributed by atoms with Crippen molar-refractivity contribution in [2.75, 3.05) is 49.5 Å². The number of aryl methyl sites for hydroxylation is 1. The van der Waals surface area contributed by atoms with E-state index in [0.717, 1.165) is 124 Å². The number of β-amino-alcohol motifs (C(OH)–C–C–N with tert-alkyl or cyclic N) is 1. The molecule has 5 N–H and O–H groups in total. The van der Waals surface area contributed by atoms with Gasteiger partial charge in [-0.05, 0) is 175 Å². The number of ether oxygens (including phenoxy) is 1. The standard InChI is InChI=1S/C72H90N14O6S2/c1-42-51-15-14-26-84(62(51)82-81-61(42)80-67-77-54-16-10-11-17-56(54)94-67)57-23-22-52(53-32-74-86(45(53)4)40-71-35-69(8)34-70(9,36-71)38-72(37-69,39-71)92-28-27-83-24-12-13-25-83)58(78-57)65(90)76-49-29-48(30-49)63(88)79-60(68(5,6)7)66(91)85-33-50(87)31-55(85)64(89)75-43(2)46-18-20-47(21-19-46)59-44(3)73-41-93-59/h10-11,16-23,32,41,43,48-50,55,60,87H,12-15,24-31,33-40H2,1-9H3,(H,75,89)(H,76,90)(H,79,88)(H,77,80,81)/t43-,48?,49?,50+,55-,60+,69?,70?,71?,72?/m0/s1. The van der Waals surface area contributed by atoms with Gasteiger partial charge < -0.3 is 45.8 Å². The highest BCUT2D eigenvalue weighted by Gasteiger charge is 2.66. The number of para-hydroxylation sites is 1.